The summed E-state index contributed by atoms with van der Waals surface area (Å²) in [4.78, 5) is 10.5. The number of hydrogen-bond acceptors (Lipinski definition) is 1. The number of carbonyl (C=O) groups is 1. The van der Waals surface area contributed by atoms with Gasteiger partial charge in [0.2, 0.25) is 0 Å². The number of carboxylic acid groups (broad SMARTS) is 1. The molecule has 1 aliphatic carbocycles. The van der Waals surface area contributed by atoms with E-state index in [0.29, 0.717) is 0 Å². The normalized spacial score (nSPS) is 32.4. The predicted molar refractivity (Wildman–Crippen MR) is 39.1 cm³/mol. The van der Waals surface area contributed by atoms with Crippen molar-refractivity contribution in [1.29, 1.82) is 0 Å². The number of rotatable bonds is 1. The minimum atomic E-state index is -4.27. The molecular weight excluding hydrogens is 185 g/mol. The molecule has 2 unspecified atom stereocenters. The Hall–Kier alpha value is -0.740. The fourth-order valence-electron chi connectivity index (χ4n) is 1.90. The van der Waals surface area contributed by atoms with E-state index >= 15 is 0 Å². The van der Waals surface area contributed by atoms with Gasteiger partial charge in [-0.2, -0.15) is 13.2 Å². The van der Waals surface area contributed by atoms with Crippen LogP contribution in [0, 0.1) is 17.3 Å². The molecule has 0 spiro atoms. The van der Waals surface area contributed by atoms with Gasteiger partial charge in [-0.3, -0.25) is 4.79 Å². The van der Waals surface area contributed by atoms with Gasteiger partial charge in [0.15, 0.2) is 0 Å². The van der Waals surface area contributed by atoms with Crippen LogP contribution in [0.15, 0.2) is 0 Å². The summed E-state index contributed by atoms with van der Waals surface area (Å²) in [5.41, 5.74) is -1.16. The maximum atomic E-state index is 12.2. The first-order valence-electron chi connectivity index (χ1n) is 3.97. The lowest BCUT2D eigenvalue weighted by Gasteiger charge is -2.50. The van der Waals surface area contributed by atoms with Crippen molar-refractivity contribution in [1.82, 2.24) is 0 Å². The quantitative estimate of drug-likeness (QED) is 0.698. The lowest BCUT2D eigenvalue weighted by molar-refractivity contribution is -0.253. The SMILES string of the molecule is CC1(C)C(C(=O)O)CC1C(F)(F)F. The monoisotopic (exact) mass is 196 g/mol. The first kappa shape index (κ1) is 10.3. The van der Waals surface area contributed by atoms with Gasteiger partial charge in [0, 0.05) is 0 Å². The molecule has 1 rings (SSSR count). The number of alkyl halides is 3. The van der Waals surface area contributed by atoms with E-state index in [4.69, 9.17) is 5.11 Å². The minimum absolute atomic E-state index is 0.286. The second-order valence-electron chi connectivity index (χ2n) is 4.04. The van der Waals surface area contributed by atoms with Crippen LogP contribution in [0.25, 0.3) is 0 Å². The van der Waals surface area contributed by atoms with Crippen LogP contribution in [-0.2, 0) is 4.79 Å². The van der Waals surface area contributed by atoms with Gasteiger partial charge in [0.25, 0.3) is 0 Å². The zero-order chi connectivity index (χ0) is 10.4. The number of hydrogen-bond donors (Lipinski definition) is 1. The molecule has 0 radical (unpaired) electrons. The van der Waals surface area contributed by atoms with Crippen LogP contribution in [0.1, 0.15) is 20.3 Å². The molecule has 2 nitrogen and oxygen atoms in total. The maximum absolute atomic E-state index is 12.2. The summed E-state index contributed by atoms with van der Waals surface area (Å²) in [6, 6.07) is 0. The summed E-state index contributed by atoms with van der Waals surface area (Å²) in [7, 11) is 0. The molecular formula is C8H11F3O2. The van der Waals surface area contributed by atoms with Crippen molar-refractivity contribution in [3.05, 3.63) is 0 Å². The summed E-state index contributed by atoms with van der Waals surface area (Å²) in [5, 5.41) is 8.59. The molecule has 0 heterocycles. The average Bonchev–Trinajstić information content (AvgIpc) is 1.80. The highest BCUT2D eigenvalue weighted by molar-refractivity contribution is 5.72. The van der Waals surface area contributed by atoms with Crippen LogP contribution in [0.5, 0.6) is 0 Å². The largest absolute Gasteiger partial charge is 0.481 e. The Kier molecular flexibility index (Phi) is 2.09. The predicted octanol–water partition coefficient (Wildman–Crippen LogP) is 2.30. The summed E-state index contributed by atoms with van der Waals surface area (Å²) in [5.74, 6) is -3.47. The summed E-state index contributed by atoms with van der Waals surface area (Å²) >= 11 is 0. The molecule has 0 bridgehead atoms. The minimum Gasteiger partial charge on any atom is -0.481 e. The van der Waals surface area contributed by atoms with Crippen molar-refractivity contribution in [2.45, 2.75) is 26.4 Å². The molecule has 0 aromatic rings. The Morgan fingerprint density at radius 2 is 1.92 bits per heavy atom. The molecule has 0 aromatic heterocycles. The first-order valence-corrected chi connectivity index (χ1v) is 3.97. The Labute approximate surface area is 73.7 Å². The summed E-state index contributed by atoms with van der Waals surface area (Å²) in [6.45, 7) is 2.71. The van der Waals surface area contributed by atoms with Gasteiger partial charge in [-0.1, -0.05) is 13.8 Å². The fraction of sp³-hybridized carbons (Fsp3) is 0.875. The number of halogens is 3. The second-order valence-corrected chi connectivity index (χ2v) is 4.04. The average molecular weight is 196 g/mol. The van der Waals surface area contributed by atoms with Crippen LogP contribution >= 0.6 is 0 Å². The van der Waals surface area contributed by atoms with Gasteiger partial charge < -0.3 is 5.11 Å². The Bertz CT molecular complexity index is 232. The van der Waals surface area contributed by atoms with Gasteiger partial charge in [0.05, 0.1) is 11.8 Å². The van der Waals surface area contributed by atoms with E-state index < -0.39 is 29.4 Å². The Morgan fingerprint density at radius 1 is 1.46 bits per heavy atom. The number of aliphatic carboxylic acids is 1. The van der Waals surface area contributed by atoms with Crippen LogP contribution in [-0.4, -0.2) is 17.3 Å². The van der Waals surface area contributed by atoms with Crippen molar-refractivity contribution in [2.75, 3.05) is 0 Å². The molecule has 76 valence electrons. The Balaban J connectivity index is 2.76. The van der Waals surface area contributed by atoms with E-state index in [9.17, 15) is 18.0 Å². The van der Waals surface area contributed by atoms with E-state index in [2.05, 4.69) is 0 Å². The zero-order valence-corrected chi connectivity index (χ0v) is 7.35. The highest BCUT2D eigenvalue weighted by Crippen LogP contribution is 2.57. The molecule has 0 aliphatic heterocycles. The molecule has 5 heteroatoms. The summed E-state index contributed by atoms with van der Waals surface area (Å²) < 4.78 is 36.7. The molecule has 0 amide bonds. The molecule has 1 saturated carbocycles. The molecule has 1 fully saturated rings. The number of carboxylic acids is 1. The van der Waals surface area contributed by atoms with Crippen molar-refractivity contribution < 1.29 is 23.1 Å². The summed E-state index contributed by atoms with van der Waals surface area (Å²) in [6.07, 6.45) is -4.55. The maximum Gasteiger partial charge on any atom is 0.392 e. The van der Waals surface area contributed by atoms with E-state index in [1.165, 1.54) is 13.8 Å². The van der Waals surface area contributed by atoms with E-state index in [0.717, 1.165) is 0 Å². The van der Waals surface area contributed by atoms with Crippen molar-refractivity contribution in [2.24, 2.45) is 17.3 Å². The molecule has 13 heavy (non-hydrogen) atoms. The third-order valence-electron chi connectivity index (χ3n) is 2.96. The zero-order valence-electron chi connectivity index (χ0n) is 7.35. The molecule has 1 N–H and O–H groups in total. The van der Waals surface area contributed by atoms with Crippen molar-refractivity contribution >= 4 is 5.97 Å². The highest BCUT2D eigenvalue weighted by Gasteiger charge is 2.62. The van der Waals surface area contributed by atoms with Crippen LogP contribution < -0.4 is 0 Å². The van der Waals surface area contributed by atoms with Crippen LogP contribution in [0.3, 0.4) is 0 Å². The van der Waals surface area contributed by atoms with Gasteiger partial charge in [-0.05, 0) is 11.8 Å². The molecule has 1 aliphatic rings. The first-order chi connectivity index (χ1) is 5.67. The topological polar surface area (TPSA) is 37.3 Å². The Morgan fingerprint density at radius 3 is 2.15 bits per heavy atom. The van der Waals surface area contributed by atoms with Gasteiger partial charge in [-0.25, -0.2) is 0 Å². The standard InChI is InChI=1S/C8H11F3O2/c1-7(2)4(6(12)13)3-5(7)8(9,10)11/h4-5H,3H2,1-2H3,(H,12,13). The van der Waals surface area contributed by atoms with E-state index in [1.807, 2.05) is 0 Å². The van der Waals surface area contributed by atoms with Gasteiger partial charge in [-0.15, -0.1) is 0 Å². The van der Waals surface area contributed by atoms with Gasteiger partial charge >= 0.3 is 12.1 Å². The van der Waals surface area contributed by atoms with Crippen molar-refractivity contribution in [3.63, 3.8) is 0 Å². The van der Waals surface area contributed by atoms with Crippen molar-refractivity contribution in [3.8, 4) is 0 Å². The second kappa shape index (κ2) is 2.62. The third kappa shape index (κ3) is 1.51. The van der Waals surface area contributed by atoms with Gasteiger partial charge in [0.1, 0.15) is 0 Å². The van der Waals surface area contributed by atoms with Crippen LogP contribution in [0.2, 0.25) is 0 Å². The third-order valence-corrected chi connectivity index (χ3v) is 2.96. The smallest absolute Gasteiger partial charge is 0.392 e. The van der Waals surface area contributed by atoms with Crippen LogP contribution in [0.4, 0.5) is 13.2 Å². The lowest BCUT2D eigenvalue weighted by atomic mass is 9.54. The van der Waals surface area contributed by atoms with E-state index in [1.54, 1.807) is 0 Å². The lowest BCUT2D eigenvalue weighted by Crippen LogP contribution is -2.54. The van der Waals surface area contributed by atoms with E-state index in [-0.39, 0.29) is 6.42 Å². The molecule has 0 saturated heterocycles. The fourth-order valence-corrected chi connectivity index (χ4v) is 1.90. The molecule has 0 aromatic carbocycles. The highest BCUT2D eigenvalue weighted by atomic mass is 19.4. The molecule has 2 atom stereocenters.